The van der Waals surface area contributed by atoms with Crippen molar-refractivity contribution in [2.75, 3.05) is 6.61 Å². The number of fused-ring (bicyclic) bond motifs is 1. The van der Waals surface area contributed by atoms with Gasteiger partial charge in [-0.25, -0.2) is 4.79 Å². The molecule has 138 valence electrons. The topological polar surface area (TPSA) is 44.8 Å². The molecule has 2 fully saturated rings. The maximum atomic E-state index is 12.1. The number of esters is 1. The monoisotopic (exact) mass is 354 g/mol. The van der Waals surface area contributed by atoms with E-state index < -0.39 is 8.32 Å². The van der Waals surface area contributed by atoms with Crippen LogP contribution in [0.1, 0.15) is 54.4 Å². The van der Waals surface area contributed by atoms with Crippen LogP contribution in [-0.4, -0.2) is 38.7 Å². The fourth-order valence-electron chi connectivity index (χ4n) is 3.07. The summed E-state index contributed by atoms with van der Waals surface area (Å²) in [6.45, 7) is 17.8. The molecule has 0 unspecified atom stereocenters. The van der Waals surface area contributed by atoms with Crippen molar-refractivity contribution in [2.45, 2.75) is 90.3 Å². The zero-order chi connectivity index (χ0) is 18.3. The highest BCUT2D eigenvalue weighted by Crippen LogP contribution is 2.45. The third-order valence-corrected chi connectivity index (χ3v) is 9.98. The highest BCUT2D eigenvalue weighted by molar-refractivity contribution is 6.74. The zero-order valence-electron chi connectivity index (χ0n) is 16.6. The van der Waals surface area contributed by atoms with Crippen LogP contribution in [0.3, 0.4) is 0 Å². The van der Waals surface area contributed by atoms with E-state index >= 15 is 0 Å². The van der Waals surface area contributed by atoms with Crippen molar-refractivity contribution in [2.24, 2.45) is 5.92 Å². The molecule has 1 aliphatic carbocycles. The van der Waals surface area contributed by atoms with Crippen molar-refractivity contribution in [1.82, 2.24) is 0 Å². The van der Waals surface area contributed by atoms with E-state index in [0.29, 0.717) is 6.61 Å². The smallest absolute Gasteiger partial charge is 0.334 e. The van der Waals surface area contributed by atoms with E-state index in [2.05, 4.69) is 33.9 Å². The van der Waals surface area contributed by atoms with Crippen LogP contribution >= 0.6 is 0 Å². The van der Waals surface area contributed by atoms with Gasteiger partial charge in [-0.2, -0.15) is 0 Å². The summed E-state index contributed by atoms with van der Waals surface area (Å²) in [5.74, 6) is -0.0101. The molecule has 1 saturated carbocycles. The Hall–Kier alpha value is -0.653. The van der Waals surface area contributed by atoms with Gasteiger partial charge in [0.15, 0.2) is 8.32 Å². The molecule has 1 saturated heterocycles. The molecule has 1 heterocycles. The van der Waals surface area contributed by atoms with Crippen LogP contribution in [0.15, 0.2) is 11.6 Å². The normalized spacial score (nSPS) is 29.9. The maximum Gasteiger partial charge on any atom is 0.334 e. The lowest BCUT2D eigenvalue weighted by Crippen LogP contribution is -2.43. The van der Waals surface area contributed by atoms with Gasteiger partial charge < -0.3 is 13.9 Å². The molecule has 4 nitrogen and oxygen atoms in total. The van der Waals surface area contributed by atoms with Crippen molar-refractivity contribution in [1.29, 1.82) is 0 Å². The molecule has 2 aliphatic rings. The van der Waals surface area contributed by atoms with Crippen LogP contribution < -0.4 is 0 Å². The average molecular weight is 355 g/mol. The summed E-state index contributed by atoms with van der Waals surface area (Å²) in [4.78, 5) is 12.1. The van der Waals surface area contributed by atoms with E-state index in [9.17, 15) is 4.79 Å². The summed E-state index contributed by atoms with van der Waals surface area (Å²) in [5.41, 5.74) is 0.577. The van der Waals surface area contributed by atoms with E-state index in [1.807, 2.05) is 26.8 Å². The van der Waals surface area contributed by atoms with Crippen LogP contribution in [0.4, 0.5) is 0 Å². The summed E-state index contributed by atoms with van der Waals surface area (Å²) in [7, 11) is -1.79. The first-order valence-corrected chi connectivity index (χ1v) is 11.9. The van der Waals surface area contributed by atoms with E-state index in [-0.39, 0.29) is 34.7 Å². The summed E-state index contributed by atoms with van der Waals surface area (Å²) < 4.78 is 17.8. The highest BCUT2D eigenvalue weighted by Gasteiger charge is 2.49. The standard InChI is InChI=1S/C19H34O4Si/c1-18(2,3)21-10-9-14-15-11-13(12-16(15)22-17(14)20)23-24(7,8)19(4,5)6/h9,13,15-16H,10-12H2,1-8H3/b14-9-/t13-,15-,16-/m0/s1. The van der Waals surface area contributed by atoms with Crippen LogP contribution in [0.2, 0.25) is 18.1 Å². The van der Waals surface area contributed by atoms with Gasteiger partial charge in [-0.05, 0) is 51.4 Å². The van der Waals surface area contributed by atoms with Crippen molar-refractivity contribution in [3.63, 3.8) is 0 Å². The molecule has 0 bridgehead atoms. The number of rotatable bonds is 4. The highest BCUT2D eigenvalue weighted by atomic mass is 28.4. The Morgan fingerprint density at radius 1 is 1.17 bits per heavy atom. The lowest BCUT2D eigenvalue weighted by atomic mass is 9.98. The van der Waals surface area contributed by atoms with Gasteiger partial charge in [-0.1, -0.05) is 20.8 Å². The summed E-state index contributed by atoms with van der Waals surface area (Å²) in [5, 5.41) is 0.195. The minimum atomic E-state index is -1.79. The molecular formula is C19H34O4Si. The lowest BCUT2D eigenvalue weighted by molar-refractivity contribution is -0.139. The van der Waals surface area contributed by atoms with E-state index in [4.69, 9.17) is 13.9 Å². The van der Waals surface area contributed by atoms with Crippen LogP contribution in [0, 0.1) is 5.92 Å². The predicted molar refractivity (Wildman–Crippen MR) is 98.5 cm³/mol. The number of hydrogen-bond acceptors (Lipinski definition) is 4. The number of ether oxygens (including phenoxy) is 2. The molecular weight excluding hydrogens is 320 g/mol. The predicted octanol–water partition coefficient (Wildman–Crippen LogP) is 4.45. The second kappa shape index (κ2) is 6.58. The number of hydrogen-bond donors (Lipinski definition) is 0. The Kier molecular flexibility index (Phi) is 5.39. The molecule has 0 aromatic carbocycles. The molecule has 24 heavy (non-hydrogen) atoms. The minimum Gasteiger partial charge on any atom is -0.458 e. The Morgan fingerprint density at radius 3 is 2.33 bits per heavy atom. The fourth-order valence-corrected chi connectivity index (χ4v) is 4.45. The first kappa shape index (κ1) is 19.7. The molecule has 0 N–H and O–H groups in total. The molecule has 2 rings (SSSR count). The SMILES string of the molecule is CC(C)(C)OC/C=C1\C(=O)O[C@H]2C[C@@H](O[Si](C)(C)C(C)(C)C)C[C@@H]12. The van der Waals surface area contributed by atoms with Crippen molar-refractivity contribution >= 4 is 14.3 Å². The van der Waals surface area contributed by atoms with Crippen molar-refractivity contribution in [3.8, 4) is 0 Å². The molecule has 0 amide bonds. The Bertz CT molecular complexity index is 510. The Labute approximate surface area is 148 Å². The molecule has 0 aromatic rings. The van der Waals surface area contributed by atoms with Crippen LogP contribution in [0.25, 0.3) is 0 Å². The third-order valence-electron chi connectivity index (χ3n) is 5.44. The molecule has 3 atom stereocenters. The number of carbonyl (C=O) groups excluding carboxylic acids is 1. The molecule has 0 aromatic heterocycles. The van der Waals surface area contributed by atoms with Gasteiger partial charge in [0.1, 0.15) is 6.10 Å². The van der Waals surface area contributed by atoms with E-state index in [1.165, 1.54) is 0 Å². The second-order valence-corrected chi connectivity index (χ2v) is 14.4. The minimum absolute atomic E-state index is 0.0202. The van der Waals surface area contributed by atoms with Gasteiger partial charge in [0, 0.05) is 24.0 Å². The van der Waals surface area contributed by atoms with Gasteiger partial charge in [0.2, 0.25) is 0 Å². The van der Waals surface area contributed by atoms with Gasteiger partial charge >= 0.3 is 5.97 Å². The van der Waals surface area contributed by atoms with Gasteiger partial charge in [0.25, 0.3) is 0 Å². The maximum absolute atomic E-state index is 12.1. The third kappa shape index (κ3) is 4.49. The van der Waals surface area contributed by atoms with Crippen molar-refractivity contribution < 1.29 is 18.7 Å². The van der Waals surface area contributed by atoms with Crippen molar-refractivity contribution in [3.05, 3.63) is 11.6 Å². The van der Waals surface area contributed by atoms with E-state index in [1.54, 1.807) is 0 Å². The second-order valence-electron chi connectivity index (χ2n) is 9.60. The Morgan fingerprint density at radius 2 is 1.79 bits per heavy atom. The van der Waals surface area contributed by atoms with Gasteiger partial charge in [-0.15, -0.1) is 0 Å². The van der Waals surface area contributed by atoms with Crippen LogP contribution in [-0.2, 0) is 18.7 Å². The fraction of sp³-hybridized carbons (Fsp3) is 0.842. The molecule has 1 aliphatic heterocycles. The first-order chi connectivity index (χ1) is 10.8. The average Bonchev–Trinajstić information content (AvgIpc) is 2.84. The van der Waals surface area contributed by atoms with Gasteiger partial charge in [-0.3, -0.25) is 0 Å². The lowest BCUT2D eigenvalue weighted by Gasteiger charge is -2.38. The number of carbonyl (C=O) groups is 1. The van der Waals surface area contributed by atoms with E-state index in [0.717, 1.165) is 18.4 Å². The summed E-state index contributed by atoms with van der Waals surface area (Å²) in [6, 6.07) is 0. The summed E-state index contributed by atoms with van der Waals surface area (Å²) in [6.07, 6.45) is 3.78. The molecule has 0 spiro atoms. The summed E-state index contributed by atoms with van der Waals surface area (Å²) >= 11 is 0. The quantitative estimate of drug-likeness (QED) is 0.425. The first-order valence-electron chi connectivity index (χ1n) is 9.03. The molecule has 5 heteroatoms. The zero-order valence-corrected chi connectivity index (χ0v) is 17.6. The Balaban J connectivity index is 2.00. The van der Waals surface area contributed by atoms with Gasteiger partial charge in [0.05, 0.1) is 12.2 Å². The molecule has 0 radical (unpaired) electrons. The van der Waals surface area contributed by atoms with Crippen LogP contribution in [0.5, 0.6) is 0 Å². The largest absolute Gasteiger partial charge is 0.458 e.